The fourth-order valence-corrected chi connectivity index (χ4v) is 4.29. The molecule has 35 heavy (non-hydrogen) atoms. The highest BCUT2D eigenvalue weighted by atomic mass is 16.6. The van der Waals surface area contributed by atoms with Crippen LogP contribution in [-0.4, -0.2) is 52.5 Å². The van der Waals surface area contributed by atoms with Crippen LogP contribution in [0.1, 0.15) is 45.5 Å². The van der Waals surface area contributed by atoms with E-state index in [1.165, 1.54) is 25.4 Å². The molecule has 1 aliphatic heterocycles. The van der Waals surface area contributed by atoms with Crippen LogP contribution in [0.3, 0.4) is 0 Å². The van der Waals surface area contributed by atoms with Crippen LogP contribution < -0.4 is 11.5 Å². The molecule has 0 bridgehead atoms. The Morgan fingerprint density at radius 1 is 1.46 bits per heavy atom. The predicted molar refractivity (Wildman–Crippen MR) is 135 cm³/mol. The minimum atomic E-state index is -0.878. The molecule has 0 radical (unpaired) electrons. The van der Waals surface area contributed by atoms with Crippen molar-refractivity contribution in [3.63, 3.8) is 0 Å². The second-order valence-electron chi connectivity index (χ2n) is 8.41. The lowest BCUT2D eigenvalue weighted by molar-refractivity contribution is -0.521. The second-order valence-corrected chi connectivity index (χ2v) is 8.41. The summed E-state index contributed by atoms with van der Waals surface area (Å²) in [6.07, 6.45) is 5.93. The Kier molecular flexibility index (Phi) is 7.73. The molecule has 2 atom stereocenters. The van der Waals surface area contributed by atoms with E-state index in [9.17, 15) is 14.9 Å². The number of Topliss-reactive ketones (excluding diaryl/α,β-unsaturated/α-hetero) is 1. The molecule has 10 heteroatoms. The summed E-state index contributed by atoms with van der Waals surface area (Å²) < 4.78 is 0. The summed E-state index contributed by atoms with van der Waals surface area (Å²) in [5.41, 5.74) is 15.9. The van der Waals surface area contributed by atoms with Crippen molar-refractivity contribution < 1.29 is 9.72 Å². The predicted octanol–water partition coefficient (Wildman–Crippen LogP) is 2.98. The third-order valence-corrected chi connectivity index (χ3v) is 6.14. The van der Waals surface area contributed by atoms with Gasteiger partial charge in [0.25, 0.3) is 0 Å². The maximum atomic E-state index is 11.9. The van der Waals surface area contributed by atoms with E-state index < -0.39 is 12.0 Å². The number of nitro groups is 1. The molecule has 1 saturated heterocycles. The van der Waals surface area contributed by atoms with E-state index in [0.29, 0.717) is 52.4 Å². The van der Waals surface area contributed by atoms with Crippen LogP contribution in [0.25, 0.3) is 6.08 Å². The number of nitrogens with two attached hydrogens (primary N) is 2. The molecule has 2 unspecified atom stereocenters. The van der Waals surface area contributed by atoms with Gasteiger partial charge in [0.15, 0.2) is 11.6 Å². The van der Waals surface area contributed by atoms with Crippen LogP contribution in [0.2, 0.25) is 0 Å². The largest absolute Gasteiger partial charge is 0.404 e. The first-order valence-corrected chi connectivity index (χ1v) is 10.9. The van der Waals surface area contributed by atoms with Gasteiger partial charge >= 0.3 is 0 Å². The van der Waals surface area contributed by atoms with Crippen LogP contribution in [0.4, 0.5) is 11.5 Å². The third-order valence-electron chi connectivity index (χ3n) is 6.14. The molecule has 10 nitrogen and oxygen atoms in total. The van der Waals surface area contributed by atoms with Gasteiger partial charge < -0.3 is 11.5 Å². The summed E-state index contributed by atoms with van der Waals surface area (Å²) in [6.45, 7) is 7.91. The van der Waals surface area contributed by atoms with Crippen molar-refractivity contribution in [2.24, 2.45) is 10.7 Å². The standard InChI is InChI=1S/C25H27N7O3/c1-4-19-20(16(3)33)5-6-21(25(19)28)22-13-31(14-23(22)32(34)35)12-17(8-26)10-29-24-7-15(2)18(9-27)11-30-24/h4-8,10-11,22-23H,1,12-14,26,28H2,2-3H3. The van der Waals surface area contributed by atoms with Crippen molar-refractivity contribution in [1.29, 1.82) is 5.26 Å². The Morgan fingerprint density at radius 3 is 2.77 bits per heavy atom. The van der Waals surface area contributed by atoms with Gasteiger partial charge in [0, 0.05) is 47.2 Å². The first-order chi connectivity index (χ1) is 16.7. The lowest BCUT2D eigenvalue weighted by atomic mass is 9.89. The normalized spacial score (nSPS) is 18.5. The number of ketones is 1. The van der Waals surface area contributed by atoms with Gasteiger partial charge in [-0.25, -0.2) is 9.98 Å². The number of hydrogen-bond donors (Lipinski definition) is 2. The van der Waals surface area contributed by atoms with E-state index in [4.69, 9.17) is 16.7 Å². The fourth-order valence-electron chi connectivity index (χ4n) is 4.29. The van der Waals surface area contributed by atoms with Gasteiger partial charge in [-0.1, -0.05) is 24.8 Å². The zero-order chi connectivity index (χ0) is 25.7. The van der Waals surface area contributed by atoms with Crippen LogP contribution in [0.5, 0.6) is 0 Å². The smallest absolute Gasteiger partial charge is 0.233 e. The van der Waals surface area contributed by atoms with Crippen molar-refractivity contribution in [2.45, 2.75) is 25.8 Å². The Labute approximate surface area is 203 Å². The van der Waals surface area contributed by atoms with Crippen molar-refractivity contribution in [3.05, 3.63) is 80.7 Å². The van der Waals surface area contributed by atoms with Gasteiger partial charge in [-0.05, 0) is 42.8 Å². The molecular formula is C25H27N7O3. The van der Waals surface area contributed by atoms with Crippen LogP contribution in [-0.2, 0) is 0 Å². The number of nitrogen functional groups attached to an aromatic ring is 1. The quantitative estimate of drug-likeness (QED) is 0.194. The van der Waals surface area contributed by atoms with E-state index in [0.717, 1.165) is 5.56 Å². The number of nitriles is 1. The molecule has 2 aromatic rings. The lowest BCUT2D eigenvalue weighted by Gasteiger charge is -2.19. The molecule has 1 aromatic heterocycles. The van der Waals surface area contributed by atoms with Crippen molar-refractivity contribution in [2.75, 3.05) is 25.4 Å². The van der Waals surface area contributed by atoms with E-state index >= 15 is 0 Å². The average Bonchev–Trinajstić information content (AvgIpc) is 3.25. The highest BCUT2D eigenvalue weighted by molar-refractivity contribution is 6.00. The lowest BCUT2D eigenvalue weighted by Crippen LogP contribution is -2.29. The molecule has 0 saturated carbocycles. The van der Waals surface area contributed by atoms with E-state index in [-0.39, 0.29) is 17.3 Å². The zero-order valence-corrected chi connectivity index (χ0v) is 19.6. The van der Waals surface area contributed by atoms with Gasteiger partial charge in [0.1, 0.15) is 6.07 Å². The van der Waals surface area contributed by atoms with Gasteiger partial charge in [-0.15, -0.1) is 0 Å². The molecule has 1 fully saturated rings. The number of aromatic nitrogens is 1. The molecular weight excluding hydrogens is 446 g/mol. The fraction of sp³-hybridized carbons (Fsp3) is 0.280. The number of carbonyl (C=O) groups is 1. The average molecular weight is 474 g/mol. The molecule has 2 heterocycles. The topological polar surface area (TPSA) is 165 Å². The highest BCUT2D eigenvalue weighted by Crippen LogP contribution is 2.36. The van der Waals surface area contributed by atoms with Crippen molar-refractivity contribution in [1.82, 2.24) is 9.88 Å². The Balaban J connectivity index is 1.82. The molecule has 0 aliphatic carbocycles. The summed E-state index contributed by atoms with van der Waals surface area (Å²) in [7, 11) is 0. The minimum Gasteiger partial charge on any atom is -0.404 e. The number of likely N-dealkylation sites (tertiary alicyclic amines) is 1. The molecule has 0 amide bonds. The summed E-state index contributed by atoms with van der Waals surface area (Å²) in [4.78, 5) is 33.9. The van der Waals surface area contributed by atoms with Crippen LogP contribution in [0, 0.1) is 28.4 Å². The molecule has 0 spiro atoms. The van der Waals surface area contributed by atoms with Gasteiger partial charge in [-0.3, -0.25) is 19.8 Å². The number of benzene rings is 1. The first-order valence-electron chi connectivity index (χ1n) is 10.9. The van der Waals surface area contributed by atoms with E-state index in [1.54, 1.807) is 31.3 Å². The van der Waals surface area contributed by atoms with Crippen LogP contribution in [0.15, 0.2) is 47.7 Å². The maximum absolute atomic E-state index is 11.9. The number of carbonyl (C=O) groups excluding carboxylic acids is 1. The zero-order valence-electron chi connectivity index (χ0n) is 19.6. The van der Waals surface area contributed by atoms with Gasteiger partial charge in [0.2, 0.25) is 6.04 Å². The molecule has 1 aromatic carbocycles. The Hall–Kier alpha value is -4.36. The summed E-state index contributed by atoms with van der Waals surface area (Å²) in [6, 6.07) is 6.22. The van der Waals surface area contributed by atoms with E-state index in [2.05, 4.69) is 22.6 Å². The maximum Gasteiger partial charge on any atom is 0.233 e. The minimum absolute atomic E-state index is 0.152. The number of rotatable bonds is 8. The Bertz CT molecular complexity index is 1280. The number of anilines is 1. The number of nitrogens with zero attached hydrogens (tertiary/aromatic N) is 5. The number of hydrogen-bond acceptors (Lipinski definition) is 9. The number of pyridine rings is 1. The summed E-state index contributed by atoms with van der Waals surface area (Å²) in [5, 5.41) is 20.9. The van der Waals surface area contributed by atoms with Gasteiger partial charge in [-0.2, -0.15) is 5.26 Å². The van der Waals surface area contributed by atoms with Gasteiger partial charge in [0.05, 0.1) is 18.0 Å². The summed E-state index contributed by atoms with van der Waals surface area (Å²) >= 11 is 0. The second kappa shape index (κ2) is 10.7. The Morgan fingerprint density at radius 2 is 2.20 bits per heavy atom. The highest BCUT2D eigenvalue weighted by Gasteiger charge is 2.43. The first kappa shape index (κ1) is 25.3. The molecule has 180 valence electrons. The third kappa shape index (κ3) is 5.42. The molecule has 3 rings (SSSR count). The SMILES string of the molecule is C=Cc1c(C(C)=O)ccc(C2CN(CC(C=Nc3cc(C)c(C#N)cn3)=CN)CC2[N+](=O)[O-])c1N. The number of aryl methyl sites for hydroxylation is 1. The monoisotopic (exact) mass is 473 g/mol. The molecule has 4 N–H and O–H groups in total. The van der Waals surface area contributed by atoms with E-state index in [1.807, 2.05) is 4.90 Å². The van der Waals surface area contributed by atoms with Crippen LogP contribution >= 0.6 is 0 Å². The number of aliphatic imine (C=N–C) groups is 1. The van der Waals surface area contributed by atoms with Crippen molar-refractivity contribution in [3.8, 4) is 6.07 Å². The van der Waals surface area contributed by atoms with Crippen molar-refractivity contribution >= 4 is 29.6 Å². The summed E-state index contributed by atoms with van der Waals surface area (Å²) in [5.74, 6) is -0.192. The molecule has 1 aliphatic rings.